The summed E-state index contributed by atoms with van der Waals surface area (Å²) >= 11 is 0. The smallest absolute Gasteiger partial charge is 0.387 e. The maximum atomic E-state index is 12.5. The number of alkyl halides is 2. The predicted octanol–water partition coefficient (Wildman–Crippen LogP) is 3.89. The number of piperidine rings is 1. The third-order valence-corrected chi connectivity index (χ3v) is 5.06. The lowest BCUT2D eigenvalue weighted by Gasteiger charge is -2.32. The summed E-state index contributed by atoms with van der Waals surface area (Å²) in [5, 5.41) is 5.13. The second kappa shape index (κ2) is 10.0. The van der Waals surface area contributed by atoms with Crippen molar-refractivity contribution in [1.29, 1.82) is 0 Å². The van der Waals surface area contributed by atoms with E-state index < -0.39 is 18.4 Å². The standard InChI is InChI=1S/C22H25F2N3O3/c1-15-10-12-27(13-11-15)17-8-6-16(7-9-17)26-20(28)14-25-21(29)18-4-2-3-5-19(18)30-22(23)24/h2-9,15,22H,10-14H2,1H3,(H,25,29)(H,26,28). The number of nitrogens with one attached hydrogen (secondary N) is 2. The number of anilines is 2. The first-order valence-corrected chi connectivity index (χ1v) is 9.89. The third kappa shape index (κ3) is 5.92. The number of amides is 2. The van der Waals surface area contributed by atoms with E-state index in [0.29, 0.717) is 5.69 Å². The topological polar surface area (TPSA) is 70.7 Å². The van der Waals surface area contributed by atoms with Crippen LogP contribution in [-0.2, 0) is 4.79 Å². The number of hydrogen-bond acceptors (Lipinski definition) is 4. The fourth-order valence-electron chi connectivity index (χ4n) is 3.34. The van der Waals surface area contributed by atoms with Crippen LogP contribution in [0.4, 0.5) is 20.2 Å². The van der Waals surface area contributed by atoms with Gasteiger partial charge in [0.15, 0.2) is 0 Å². The van der Waals surface area contributed by atoms with Gasteiger partial charge >= 0.3 is 6.61 Å². The van der Waals surface area contributed by atoms with E-state index in [1.165, 1.54) is 37.1 Å². The molecule has 1 aliphatic heterocycles. The van der Waals surface area contributed by atoms with Gasteiger partial charge in [0.25, 0.3) is 5.91 Å². The van der Waals surface area contributed by atoms with E-state index in [0.717, 1.165) is 24.7 Å². The molecule has 160 valence electrons. The molecule has 1 aliphatic rings. The number of halogens is 2. The molecule has 30 heavy (non-hydrogen) atoms. The van der Waals surface area contributed by atoms with Gasteiger partial charge in [-0.15, -0.1) is 0 Å². The summed E-state index contributed by atoms with van der Waals surface area (Å²) in [5.41, 5.74) is 1.67. The molecule has 0 saturated carbocycles. The average molecular weight is 417 g/mol. The van der Waals surface area contributed by atoms with Gasteiger partial charge in [-0.25, -0.2) is 0 Å². The Kier molecular flexibility index (Phi) is 7.21. The molecular weight excluding hydrogens is 392 g/mol. The van der Waals surface area contributed by atoms with E-state index in [1.54, 1.807) is 0 Å². The zero-order valence-electron chi connectivity index (χ0n) is 16.7. The van der Waals surface area contributed by atoms with Crippen LogP contribution < -0.4 is 20.3 Å². The lowest BCUT2D eigenvalue weighted by atomic mass is 9.99. The molecule has 0 unspecified atom stereocenters. The summed E-state index contributed by atoms with van der Waals surface area (Å²) in [6.45, 7) is 0.969. The molecule has 3 rings (SSSR count). The molecule has 2 amide bonds. The molecule has 0 atom stereocenters. The highest BCUT2D eigenvalue weighted by Crippen LogP contribution is 2.24. The molecule has 2 N–H and O–H groups in total. The Morgan fingerprint density at radius 1 is 1.10 bits per heavy atom. The zero-order valence-corrected chi connectivity index (χ0v) is 16.7. The number of nitrogens with zero attached hydrogens (tertiary/aromatic N) is 1. The largest absolute Gasteiger partial charge is 0.434 e. The van der Waals surface area contributed by atoms with Gasteiger partial charge in [0.1, 0.15) is 5.75 Å². The van der Waals surface area contributed by atoms with E-state index >= 15 is 0 Å². The van der Waals surface area contributed by atoms with Crippen molar-refractivity contribution in [2.75, 3.05) is 29.9 Å². The molecule has 8 heteroatoms. The van der Waals surface area contributed by atoms with Gasteiger partial charge in [0.2, 0.25) is 5.91 Å². The summed E-state index contributed by atoms with van der Waals surface area (Å²) in [4.78, 5) is 26.7. The van der Waals surface area contributed by atoms with Crippen LogP contribution in [-0.4, -0.2) is 38.1 Å². The van der Waals surface area contributed by atoms with Crippen molar-refractivity contribution >= 4 is 23.2 Å². The molecule has 6 nitrogen and oxygen atoms in total. The van der Waals surface area contributed by atoms with Gasteiger partial charge in [0, 0.05) is 24.5 Å². The first-order valence-electron chi connectivity index (χ1n) is 9.89. The van der Waals surface area contributed by atoms with Crippen molar-refractivity contribution in [1.82, 2.24) is 5.32 Å². The maximum Gasteiger partial charge on any atom is 0.387 e. The predicted molar refractivity (Wildman–Crippen MR) is 111 cm³/mol. The fraction of sp³-hybridized carbons (Fsp3) is 0.364. The Hall–Kier alpha value is -3.16. The first-order chi connectivity index (χ1) is 14.4. The van der Waals surface area contributed by atoms with Crippen molar-refractivity contribution in [3.8, 4) is 5.75 Å². The van der Waals surface area contributed by atoms with Crippen LogP contribution in [0, 0.1) is 5.92 Å². The lowest BCUT2D eigenvalue weighted by molar-refractivity contribution is -0.115. The molecule has 0 aromatic heterocycles. The Morgan fingerprint density at radius 2 is 1.77 bits per heavy atom. The lowest BCUT2D eigenvalue weighted by Crippen LogP contribution is -2.33. The normalized spacial score (nSPS) is 14.5. The highest BCUT2D eigenvalue weighted by atomic mass is 19.3. The average Bonchev–Trinajstić information content (AvgIpc) is 2.73. The molecule has 2 aromatic carbocycles. The molecule has 0 bridgehead atoms. The van der Waals surface area contributed by atoms with Gasteiger partial charge in [-0.2, -0.15) is 8.78 Å². The first kappa shape index (κ1) is 21.5. The van der Waals surface area contributed by atoms with Gasteiger partial charge in [-0.05, 0) is 55.2 Å². The molecule has 0 aliphatic carbocycles. The van der Waals surface area contributed by atoms with Crippen molar-refractivity contribution in [2.45, 2.75) is 26.4 Å². The van der Waals surface area contributed by atoms with Crippen LogP contribution in [0.5, 0.6) is 5.75 Å². The Morgan fingerprint density at radius 3 is 2.43 bits per heavy atom. The summed E-state index contributed by atoms with van der Waals surface area (Å²) in [5.74, 6) is -0.580. The minimum atomic E-state index is -3.04. The maximum absolute atomic E-state index is 12.5. The summed E-state index contributed by atoms with van der Waals surface area (Å²) in [7, 11) is 0. The van der Waals surface area contributed by atoms with Crippen molar-refractivity contribution in [3.05, 3.63) is 54.1 Å². The summed E-state index contributed by atoms with van der Waals surface area (Å²) in [6.07, 6.45) is 2.34. The second-order valence-corrected chi connectivity index (χ2v) is 7.32. The van der Waals surface area contributed by atoms with E-state index in [4.69, 9.17) is 0 Å². The van der Waals surface area contributed by atoms with Crippen LogP contribution in [0.3, 0.4) is 0 Å². The SMILES string of the molecule is CC1CCN(c2ccc(NC(=O)CNC(=O)c3ccccc3OC(F)F)cc2)CC1. The van der Waals surface area contributed by atoms with Crippen LogP contribution >= 0.6 is 0 Å². The number of hydrogen-bond donors (Lipinski definition) is 2. The van der Waals surface area contributed by atoms with Crippen LogP contribution in [0.15, 0.2) is 48.5 Å². The molecule has 2 aromatic rings. The summed E-state index contributed by atoms with van der Waals surface area (Å²) < 4.78 is 29.3. The van der Waals surface area contributed by atoms with Gasteiger partial charge in [-0.3, -0.25) is 9.59 Å². The number of carbonyl (C=O) groups is 2. The van der Waals surface area contributed by atoms with Crippen molar-refractivity contribution in [3.63, 3.8) is 0 Å². The van der Waals surface area contributed by atoms with Crippen LogP contribution in [0.25, 0.3) is 0 Å². The highest BCUT2D eigenvalue weighted by molar-refractivity contribution is 6.00. The number of carbonyl (C=O) groups excluding carboxylic acids is 2. The molecule has 0 radical (unpaired) electrons. The molecule has 1 fully saturated rings. The van der Waals surface area contributed by atoms with Crippen molar-refractivity contribution < 1.29 is 23.1 Å². The van der Waals surface area contributed by atoms with E-state index in [-0.39, 0.29) is 17.9 Å². The monoisotopic (exact) mass is 417 g/mol. The van der Waals surface area contributed by atoms with E-state index in [9.17, 15) is 18.4 Å². The fourth-order valence-corrected chi connectivity index (χ4v) is 3.34. The molecule has 1 heterocycles. The second-order valence-electron chi connectivity index (χ2n) is 7.32. The summed E-state index contributed by atoms with van der Waals surface area (Å²) in [6, 6.07) is 13.2. The Bertz CT molecular complexity index is 866. The van der Waals surface area contributed by atoms with Gasteiger partial charge in [0.05, 0.1) is 12.1 Å². The number of para-hydroxylation sites is 1. The third-order valence-electron chi connectivity index (χ3n) is 5.06. The van der Waals surface area contributed by atoms with Gasteiger partial charge in [-0.1, -0.05) is 19.1 Å². The van der Waals surface area contributed by atoms with E-state index in [1.807, 2.05) is 24.3 Å². The van der Waals surface area contributed by atoms with Gasteiger partial charge < -0.3 is 20.3 Å². The van der Waals surface area contributed by atoms with Crippen LogP contribution in [0.2, 0.25) is 0 Å². The number of rotatable bonds is 7. The minimum Gasteiger partial charge on any atom is -0.434 e. The number of benzene rings is 2. The Labute approximate surface area is 174 Å². The van der Waals surface area contributed by atoms with E-state index in [2.05, 4.69) is 27.2 Å². The minimum absolute atomic E-state index is 0.0641. The number of ether oxygens (including phenoxy) is 1. The quantitative estimate of drug-likeness (QED) is 0.717. The zero-order chi connectivity index (χ0) is 21.5. The Balaban J connectivity index is 1.51. The molecular formula is C22H25F2N3O3. The van der Waals surface area contributed by atoms with Crippen molar-refractivity contribution in [2.24, 2.45) is 5.92 Å². The molecule has 0 spiro atoms. The van der Waals surface area contributed by atoms with Crippen LogP contribution in [0.1, 0.15) is 30.1 Å². The highest BCUT2D eigenvalue weighted by Gasteiger charge is 2.17. The molecule has 1 saturated heterocycles.